The van der Waals surface area contributed by atoms with E-state index in [2.05, 4.69) is 11.9 Å². The van der Waals surface area contributed by atoms with Crippen LogP contribution in [0.3, 0.4) is 0 Å². The van der Waals surface area contributed by atoms with Crippen LogP contribution in [0, 0.1) is 6.92 Å². The van der Waals surface area contributed by atoms with E-state index in [1.54, 1.807) is 12.1 Å². The second-order valence-corrected chi connectivity index (χ2v) is 3.21. The predicted molar refractivity (Wildman–Crippen MR) is 58.7 cm³/mol. The highest BCUT2D eigenvalue weighted by molar-refractivity contribution is 6.00. The summed E-state index contributed by atoms with van der Waals surface area (Å²) in [6.45, 7) is 5.26. The van der Waals surface area contributed by atoms with Gasteiger partial charge in [-0.05, 0) is 13.0 Å². The molecule has 0 atom stereocenters. The molecule has 0 bridgehead atoms. The fourth-order valence-electron chi connectivity index (χ4n) is 1.08. The Bertz CT molecular complexity index is 379. The maximum Gasteiger partial charge on any atom is 0.243 e. The van der Waals surface area contributed by atoms with Crippen LogP contribution in [0.15, 0.2) is 36.9 Å². The van der Waals surface area contributed by atoms with E-state index in [0.717, 1.165) is 11.6 Å². The van der Waals surface area contributed by atoms with Crippen molar-refractivity contribution < 1.29 is 9.59 Å². The Morgan fingerprint density at radius 3 is 2.47 bits per heavy atom. The summed E-state index contributed by atoms with van der Waals surface area (Å²) in [5, 5.41) is 2.44. The lowest BCUT2D eigenvalue weighted by Gasteiger charge is -2.02. The molecule has 0 saturated carbocycles. The maximum atomic E-state index is 11.5. The van der Waals surface area contributed by atoms with E-state index >= 15 is 0 Å². The number of Topliss-reactive ketones (excluding diaryl/α,β-unsaturated/α-hetero) is 1. The highest BCUT2D eigenvalue weighted by Crippen LogP contribution is 2.03. The zero-order valence-electron chi connectivity index (χ0n) is 8.62. The lowest BCUT2D eigenvalue weighted by atomic mass is 10.1. The summed E-state index contributed by atoms with van der Waals surface area (Å²) in [5.74, 6) is -0.444. The quantitative estimate of drug-likeness (QED) is 0.595. The first-order chi connectivity index (χ1) is 7.13. The Labute approximate surface area is 88.8 Å². The number of hydrogen-bond donors (Lipinski definition) is 1. The normalized spacial score (nSPS) is 9.40. The first kappa shape index (κ1) is 11.2. The number of ketones is 1. The van der Waals surface area contributed by atoms with Gasteiger partial charge in [-0.3, -0.25) is 9.59 Å². The fraction of sp³-hybridized carbons (Fsp3) is 0.167. The molecule has 15 heavy (non-hydrogen) atoms. The Hall–Kier alpha value is -1.90. The van der Waals surface area contributed by atoms with Crippen LogP contribution in [-0.4, -0.2) is 18.2 Å². The average Bonchev–Trinajstić information content (AvgIpc) is 2.26. The minimum absolute atomic E-state index is 0.00785. The molecule has 1 aromatic rings. The summed E-state index contributed by atoms with van der Waals surface area (Å²) in [7, 11) is 0. The number of rotatable bonds is 4. The third-order valence-electron chi connectivity index (χ3n) is 1.98. The van der Waals surface area contributed by atoms with Gasteiger partial charge in [0.2, 0.25) is 5.91 Å². The smallest absolute Gasteiger partial charge is 0.243 e. The van der Waals surface area contributed by atoms with Gasteiger partial charge in [-0.25, -0.2) is 0 Å². The number of carbonyl (C=O) groups is 2. The molecule has 0 aromatic heterocycles. The lowest BCUT2D eigenvalue weighted by molar-refractivity contribution is -0.116. The molecule has 1 N–H and O–H groups in total. The molecule has 0 aliphatic heterocycles. The Morgan fingerprint density at radius 2 is 1.93 bits per heavy atom. The highest BCUT2D eigenvalue weighted by atomic mass is 16.2. The van der Waals surface area contributed by atoms with Crippen molar-refractivity contribution in [1.82, 2.24) is 5.32 Å². The summed E-state index contributed by atoms with van der Waals surface area (Å²) >= 11 is 0. The molecule has 1 amide bonds. The number of amides is 1. The lowest BCUT2D eigenvalue weighted by Crippen LogP contribution is -2.27. The maximum absolute atomic E-state index is 11.5. The van der Waals surface area contributed by atoms with Crippen molar-refractivity contribution >= 4 is 11.7 Å². The first-order valence-corrected chi connectivity index (χ1v) is 4.63. The second kappa shape index (κ2) is 5.10. The number of benzene rings is 1. The van der Waals surface area contributed by atoms with E-state index in [9.17, 15) is 9.59 Å². The van der Waals surface area contributed by atoms with Gasteiger partial charge >= 0.3 is 0 Å². The fourth-order valence-corrected chi connectivity index (χ4v) is 1.08. The van der Waals surface area contributed by atoms with Crippen LogP contribution in [0.1, 0.15) is 15.9 Å². The van der Waals surface area contributed by atoms with Crippen LogP contribution < -0.4 is 5.32 Å². The summed E-state index contributed by atoms with van der Waals surface area (Å²) in [4.78, 5) is 22.3. The Morgan fingerprint density at radius 1 is 1.33 bits per heavy atom. The van der Waals surface area contributed by atoms with Gasteiger partial charge in [0, 0.05) is 5.56 Å². The minimum atomic E-state index is -0.338. The highest BCUT2D eigenvalue weighted by Gasteiger charge is 2.05. The summed E-state index contributed by atoms with van der Waals surface area (Å²) in [5.41, 5.74) is 1.70. The summed E-state index contributed by atoms with van der Waals surface area (Å²) in [6.07, 6.45) is 1.14. The van der Waals surface area contributed by atoms with Gasteiger partial charge < -0.3 is 5.32 Å². The van der Waals surface area contributed by atoms with E-state index in [1.165, 1.54) is 0 Å². The molecule has 0 aliphatic carbocycles. The minimum Gasteiger partial charge on any atom is -0.345 e. The van der Waals surface area contributed by atoms with Gasteiger partial charge in [0.25, 0.3) is 0 Å². The average molecular weight is 203 g/mol. The Kier molecular flexibility index (Phi) is 3.80. The van der Waals surface area contributed by atoms with E-state index in [4.69, 9.17) is 0 Å². The molecule has 0 aliphatic rings. The molecule has 1 rings (SSSR count). The molecule has 0 saturated heterocycles. The van der Waals surface area contributed by atoms with Crippen molar-refractivity contribution in [3.8, 4) is 0 Å². The molecule has 3 nitrogen and oxygen atoms in total. The topological polar surface area (TPSA) is 46.2 Å². The number of nitrogens with one attached hydrogen (secondary N) is 1. The van der Waals surface area contributed by atoms with Gasteiger partial charge in [-0.15, -0.1) is 0 Å². The SMILES string of the molecule is C=CC(=O)NCC(=O)c1ccc(C)cc1. The van der Waals surface area contributed by atoms with E-state index < -0.39 is 0 Å². The van der Waals surface area contributed by atoms with Crippen LogP contribution >= 0.6 is 0 Å². The third kappa shape index (κ3) is 3.38. The zero-order chi connectivity index (χ0) is 11.3. The van der Waals surface area contributed by atoms with E-state index in [1.807, 2.05) is 19.1 Å². The van der Waals surface area contributed by atoms with E-state index in [-0.39, 0.29) is 18.2 Å². The van der Waals surface area contributed by atoms with Gasteiger partial charge in [-0.2, -0.15) is 0 Å². The first-order valence-electron chi connectivity index (χ1n) is 4.63. The molecule has 0 radical (unpaired) electrons. The van der Waals surface area contributed by atoms with Crippen molar-refractivity contribution in [3.63, 3.8) is 0 Å². The summed E-state index contributed by atoms with van der Waals surface area (Å²) in [6, 6.07) is 7.22. The molecule has 0 fully saturated rings. The molecule has 0 spiro atoms. The van der Waals surface area contributed by atoms with Crippen molar-refractivity contribution in [2.75, 3.05) is 6.54 Å². The van der Waals surface area contributed by atoms with E-state index in [0.29, 0.717) is 5.56 Å². The summed E-state index contributed by atoms with van der Waals surface area (Å²) < 4.78 is 0. The predicted octanol–water partition coefficient (Wildman–Crippen LogP) is 1.48. The van der Waals surface area contributed by atoms with Crippen LogP contribution in [0.25, 0.3) is 0 Å². The van der Waals surface area contributed by atoms with Crippen molar-refractivity contribution in [2.24, 2.45) is 0 Å². The van der Waals surface area contributed by atoms with Crippen LogP contribution in [0.5, 0.6) is 0 Å². The van der Waals surface area contributed by atoms with Gasteiger partial charge in [-0.1, -0.05) is 36.4 Å². The van der Waals surface area contributed by atoms with Gasteiger partial charge in [0.05, 0.1) is 6.54 Å². The molecule has 78 valence electrons. The standard InChI is InChI=1S/C12H13NO2/c1-3-12(15)13-8-11(14)10-6-4-9(2)5-7-10/h3-7H,1,8H2,2H3,(H,13,15). The van der Waals surface area contributed by atoms with Crippen LogP contribution in [0.2, 0.25) is 0 Å². The Balaban J connectivity index is 2.57. The molecule has 0 heterocycles. The van der Waals surface area contributed by atoms with Crippen LogP contribution in [0.4, 0.5) is 0 Å². The van der Waals surface area contributed by atoms with Gasteiger partial charge in [0.1, 0.15) is 0 Å². The van der Waals surface area contributed by atoms with Crippen molar-refractivity contribution in [3.05, 3.63) is 48.0 Å². The third-order valence-corrected chi connectivity index (χ3v) is 1.98. The van der Waals surface area contributed by atoms with Crippen molar-refractivity contribution in [1.29, 1.82) is 0 Å². The largest absolute Gasteiger partial charge is 0.345 e. The monoisotopic (exact) mass is 203 g/mol. The molecular weight excluding hydrogens is 190 g/mol. The zero-order valence-corrected chi connectivity index (χ0v) is 8.62. The molecule has 1 aromatic carbocycles. The number of hydrogen-bond acceptors (Lipinski definition) is 2. The molecular formula is C12H13NO2. The molecule has 3 heteroatoms. The van der Waals surface area contributed by atoms with Crippen LogP contribution in [-0.2, 0) is 4.79 Å². The second-order valence-electron chi connectivity index (χ2n) is 3.21. The van der Waals surface area contributed by atoms with Crippen molar-refractivity contribution in [2.45, 2.75) is 6.92 Å². The molecule has 0 unspecified atom stereocenters. The number of aryl methyl sites for hydroxylation is 1. The number of carbonyl (C=O) groups excluding carboxylic acids is 2. The van der Waals surface area contributed by atoms with Gasteiger partial charge in [0.15, 0.2) is 5.78 Å².